The molecule has 0 amide bonds. The maximum atomic E-state index is 13.9. The highest BCUT2D eigenvalue weighted by Gasteiger charge is 2.29. The van der Waals surface area contributed by atoms with Crippen LogP contribution in [0.5, 0.6) is 0 Å². The summed E-state index contributed by atoms with van der Waals surface area (Å²) in [6.45, 7) is 0. The van der Waals surface area contributed by atoms with Crippen molar-refractivity contribution in [1.82, 2.24) is 19.7 Å². The molecule has 1 aliphatic rings. The molecule has 132 valence electrons. The lowest BCUT2D eigenvalue weighted by Crippen LogP contribution is -2.22. The minimum Gasteiger partial charge on any atom is -0.411 e. The summed E-state index contributed by atoms with van der Waals surface area (Å²) < 4.78 is 15.6. The van der Waals surface area contributed by atoms with Crippen LogP contribution in [0.3, 0.4) is 0 Å². The third kappa shape index (κ3) is 2.79. The molecule has 8 heteroatoms. The van der Waals surface area contributed by atoms with E-state index in [1.165, 1.54) is 12.1 Å². The number of nitrogen functional groups attached to an aromatic ring is 1. The van der Waals surface area contributed by atoms with E-state index in [1.54, 1.807) is 23.1 Å². The van der Waals surface area contributed by atoms with Crippen LogP contribution in [0.25, 0.3) is 11.1 Å². The summed E-state index contributed by atoms with van der Waals surface area (Å²) in [7, 11) is 1.82. The number of nitrogens with zero attached hydrogens (tertiary/aromatic N) is 5. The Morgan fingerprint density at radius 3 is 2.85 bits per heavy atom. The largest absolute Gasteiger partial charge is 0.411 e. The van der Waals surface area contributed by atoms with Gasteiger partial charge in [0, 0.05) is 37.0 Å². The number of hydrogen-bond acceptors (Lipinski definition) is 6. The van der Waals surface area contributed by atoms with E-state index in [-0.39, 0.29) is 17.7 Å². The molecule has 3 aromatic rings. The molecule has 0 saturated heterocycles. The second-order valence-electron chi connectivity index (χ2n) is 6.37. The molecule has 1 aromatic carbocycles. The van der Waals surface area contributed by atoms with Gasteiger partial charge in [0.1, 0.15) is 5.82 Å². The fraction of sp³-hybridized carbons (Fsp3) is 0.222. The predicted molar refractivity (Wildman–Crippen MR) is 94.4 cm³/mol. The van der Waals surface area contributed by atoms with Gasteiger partial charge in [-0.25, -0.2) is 14.4 Å². The molecule has 26 heavy (non-hydrogen) atoms. The van der Waals surface area contributed by atoms with E-state index in [4.69, 9.17) is 5.73 Å². The summed E-state index contributed by atoms with van der Waals surface area (Å²) >= 11 is 0. The van der Waals surface area contributed by atoms with E-state index in [2.05, 4.69) is 20.2 Å². The standard InChI is InChI=1S/C18H17FN6O/c1-25-9-11(7-22-25)14-6-12(19)2-3-13(14)10-4-16-15(17(5-10)24-26)8-21-18(20)23-16/h2-3,6-10,26H,4-5H2,1H3,(H2,20,21,23)/b24-17+. The van der Waals surface area contributed by atoms with Crippen molar-refractivity contribution in [3.63, 3.8) is 0 Å². The Labute approximate surface area is 149 Å². The smallest absolute Gasteiger partial charge is 0.220 e. The molecular formula is C18H17FN6O. The molecule has 2 aromatic heterocycles. The Morgan fingerprint density at radius 1 is 1.27 bits per heavy atom. The molecule has 0 radical (unpaired) electrons. The van der Waals surface area contributed by atoms with Crippen LogP contribution in [-0.2, 0) is 13.5 Å². The zero-order valence-corrected chi connectivity index (χ0v) is 14.1. The van der Waals surface area contributed by atoms with E-state index in [9.17, 15) is 9.60 Å². The summed E-state index contributed by atoms with van der Waals surface area (Å²) in [5.41, 5.74) is 10.2. The van der Waals surface area contributed by atoms with Crippen molar-refractivity contribution in [2.75, 3.05) is 5.73 Å². The first-order valence-electron chi connectivity index (χ1n) is 8.16. The van der Waals surface area contributed by atoms with Crippen LogP contribution in [0.2, 0.25) is 0 Å². The molecule has 0 spiro atoms. The van der Waals surface area contributed by atoms with Gasteiger partial charge in [-0.3, -0.25) is 4.68 Å². The maximum Gasteiger partial charge on any atom is 0.220 e. The number of halogens is 1. The van der Waals surface area contributed by atoms with Gasteiger partial charge in [-0.15, -0.1) is 0 Å². The molecule has 7 nitrogen and oxygen atoms in total. The summed E-state index contributed by atoms with van der Waals surface area (Å²) in [4.78, 5) is 8.28. The molecule has 1 atom stereocenters. The van der Waals surface area contributed by atoms with Crippen LogP contribution in [0.1, 0.15) is 29.2 Å². The highest BCUT2D eigenvalue weighted by atomic mass is 19.1. The molecule has 0 saturated carbocycles. The number of nitrogens with two attached hydrogens (primary N) is 1. The highest BCUT2D eigenvalue weighted by molar-refractivity contribution is 6.02. The molecule has 2 heterocycles. The van der Waals surface area contributed by atoms with E-state index < -0.39 is 0 Å². The van der Waals surface area contributed by atoms with Gasteiger partial charge in [-0.05, 0) is 35.6 Å². The number of aromatic nitrogens is 4. The SMILES string of the molecule is Cn1cc(-c2cc(F)ccc2C2C/C(=N\O)c3cnc(N)nc3C2)cn1. The average molecular weight is 352 g/mol. The lowest BCUT2D eigenvalue weighted by molar-refractivity contribution is 0.316. The number of aryl methyl sites for hydroxylation is 1. The van der Waals surface area contributed by atoms with Crippen LogP contribution < -0.4 is 5.73 Å². The third-order valence-corrected chi connectivity index (χ3v) is 4.67. The molecule has 1 unspecified atom stereocenters. The van der Waals surface area contributed by atoms with Gasteiger partial charge >= 0.3 is 0 Å². The minimum absolute atomic E-state index is 0.0292. The first kappa shape index (κ1) is 16.2. The van der Waals surface area contributed by atoms with E-state index in [0.717, 1.165) is 22.4 Å². The first-order valence-corrected chi connectivity index (χ1v) is 8.16. The van der Waals surface area contributed by atoms with Gasteiger partial charge in [-0.2, -0.15) is 5.10 Å². The van der Waals surface area contributed by atoms with Crippen LogP contribution in [0.15, 0.2) is 41.9 Å². The number of benzene rings is 1. The Kier molecular flexibility index (Phi) is 3.87. The summed E-state index contributed by atoms with van der Waals surface area (Å²) in [5, 5.41) is 17.0. The predicted octanol–water partition coefficient (Wildman–Crippen LogP) is 2.51. The Balaban J connectivity index is 1.81. The van der Waals surface area contributed by atoms with E-state index >= 15 is 0 Å². The lowest BCUT2D eigenvalue weighted by atomic mass is 9.79. The monoisotopic (exact) mass is 352 g/mol. The molecule has 0 bridgehead atoms. The fourth-order valence-electron chi connectivity index (χ4n) is 3.49. The van der Waals surface area contributed by atoms with Crippen molar-refractivity contribution >= 4 is 11.7 Å². The van der Waals surface area contributed by atoms with Crippen molar-refractivity contribution in [2.24, 2.45) is 12.2 Å². The fourth-order valence-corrected chi connectivity index (χ4v) is 3.49. The van der Waals surface area contributed by atoms with Crippen molar-refractivity contribution in [1.29, 1.82) is 0 Å². The minimum atomic E-state index is -0.313. The van der Waals surface area contributed by atoms with Crippen LogP contribution >= 0.6 is 0 Å². The van der Waals surface area contributed by atoms with Crippen molar-refractivity contribution in [3.05, 3.63) is 59.4 Å². The topological polar surface area (TPSA) is 102 Å². The normalized spacial score (nSPS) is 18.1. The van der Waals surface area contributed by atoms with Gasteiger partial charge in [0.25, 0.3) is 0 Å². The van der Waals surface area contributed by atoms with Gasteiger partial charge in [0.2, 0.25) is 5.95 Å². The molecule has 1 aliphatic carbocycles. The molecule has 0 aliphatic heterocycles. The molecular weight excluding hydrogens is 335 g/mol. The quantitative estimate of drug-likeness (QED) is 0.545. The Bertz CT molecular complexity index is 1010. The van der Waals surface area contributed by atoms with Gasteiger partial charge in [0.15, 0.2) is 0 Å². The maximum absolute atomic E-state index is 13.9. The second kappa shape index (κ2) is 6.21. The van der Waals surface area contributed by atoms with Crippen LogP contribution in [0.4, 0.5) is 10.3 Å². The summed E-state index contributed by atoms with van der Waals surface area (Å²) in [6.07, 6.45) is 6.22. The van der Waals surface area contributed by atoms with E-state index in [1.807, 2.05) is 13.2 Å². The number of hydrogen-bond donors (Lipinski definition) is 2. The summed E-state index contributed by atoms with van der Waals surface area (Å²) in [5.74, 6) is -0.168. The average Bonchev–Trinajstić information content (AvgIpc) is 3.06. The Morgan fingerprint density at radius 2 is 2.12 bits per heavy atom. The number of rotatable bonds is 2. The van der Waals surface area contributed by atoms with Crippen LogP contribution in [0, 0.1) is 5.82 Å². The molecule has 0 fully saturated rings. The zero-order valence-electron chi connectivity index (χ0n) is 14.1. The van der Waals surface area contributed by atoms with Gasteiger partial charge in [0.05, 0.1) is 17.6 Å². The number of anilines is 1. The highest BCUT2D eigenvalue weighted by Crippen LogP contribution is 2.37. The molecule has 4 rings (SSSR count). The summed E-state index contributed by atoms with van der Waals surface area (Å²) in [6, 6.07) is 4.72. The van der Waals surface area contributed by atoms with Gasteiger partial charge in [-0.1, -0.05) is 11.2 Å². The lowest BCUT2D eigenvalue weighted by Gasteiger charge is -2.26. The van der Waals surface area contributed by atoms with Crippen LogP contribution in [-0.4, -0.2) is 30.7 Å². The number of oxime groups is 1. The Hall–Kier alpha value is -3.29. The first-order chi connectivity index (χ1) is 12.5. The van der Waals surface area contributed by atoms with E-state index in [0.29, 0.717) is 24.1 Å². The van der Waals surface area contributed by atoms with Crippen molar-refractivity contribution < 1.29 is 9.60 Å². The van der Waals surface area contributed by atoms with Crippen molar-refractivity contribution in [3.8, 4) is 11.1 Å². The second-order valence-corrected chi connectivity index (χ2v) is 6.37. The van der Waals surface area contributed by atoms with Gasteiger partial charge < -0.3 is 10.9 Å². The third-order valence-electron chi connectivity index (χ3n) is 4.67. The molecule has 3 N–H and O–H groups in total. The van der Waals surface area contributed by atoms with Crippen molar-refractivity contribution in [2.45, 2.75) is 18.8 Å². The number of fused-ring (bicyclic) bond motifs is 1. The zero-order chi connectivity index (χ0) is 18.3.